The first-order valence-corrected chi connectivity index (χ1v) is 7.05. The van der Waals surface area contributed by atoms with Gasteiger partial charge in [-0.25, -0.2) is 0 Å². The molecule has 0 aliphatic heterocycles. The number of benzene rings is 2. The van der Waals surface area contributed by atoms with Gasteiger partial charge in [0.2, 0.25) is 0 Å². The van der Waals surface area contributed by atoms with Crippen LogP contribution in [0.2, 0.25) is 5.02 Å². The molecule has 2 aromatic rings. The molecular weight excluding hydrogens is 326 g/mol. The van der Waals surface area contributed by atoms with E-state index in [2.05, 4.69) is 21.2 Å². The van der Waals surface area contributed by atoms with Gasteiger partial charge in [-0.3, -0.25) is 4.79 Å². The lowest BCUT2D eigenvalue weighted by atomic mass is 10.1. The van der Waals surface area contributed by atoms with Crippen LogP contribution in [0.3, 0.4) is 0 Å². The zero-order chi connectivity index (χ0) is 13.8. The second kappa shape index (κ2) is 6.22. The van der Waals surface area contributed by atoms with Crippen molar-refractivity contribution >= 4 is 33.4 Å². The molecule has 0 saturated carbocycles. The Morgan fingerprint density at radius 3 is 2.53 bits per heavy atom. The van der Waals surface area contributed by atoms with Gasteiger partial charge >= 0.3 is 0 Å². The molecule has 0 radical (unpaired) electrons. The molecule has 1 N–H and O–H groups in total. The highest BCUT2D eigenvalue weighted by Crippen LogP contribution is 2.18. The second-order valence-corrected chi connectivity index (χ2v) is 5.61. The highest BCUT2D eigenvalue weighted by molar-refractivity contribution is 9.10. The number of amides is 1. The van der Waals surface area contributed by atoms with Crippen molar-refractivity contribution in [3.8, 4) is 0 Å². The molecule has 98 valence electrons. The summed E-state index contributed by atoms with van der Waals surface area (Å²) >= 11 is 9.29. The van der Waals surface area contributed by atoms with Gasteiger partial charge in [-0.2, -0.15) is 0 Å². The van der Waals surface area contributed by atoms with Gasteiger partial charge in [-0.1, -0.05) is 39.7 Å². The van der Waals surface area contributed by atoms with Crippen molar-refractivity contribution in [1.82, 2.24) is 5.32 Å². The molecule has 0 aromatic heterocycles. The van der Waals surface area contributed by atoms with Crippen LogP contribution in [0.1, 0.15) is 28.9 Å². The molecule has 0 bridgehead atoms. The van der Waals surface area contributed by atoms with Gasteiger partial charge in [0.15, 0.2) is 0 Å². The minimum atomic E-state index is -0.0972. The fraction of sp³-hybridized carbons (Fsp3) is 0.133. The van der Waals surface area contributed by atoms with Crippen LogP contribution in [0.4, 0.5) is 0 Å². The SMILES string of the molecule is C[C@H](NC(=O)c1ccc(Br)cc1)c1cccc(Cl)c1. The van der Waals surface area contributed by atoms with Gasteiger partial charge < -0.3 is 5.32 Å². The minimum Gasteiger partial charge on any atom is -0.346 e. The normalized spacial score (nSPS) is 11.9. The van der Waals surface area contributed by atoms with Crippen molar-refractivity contribution in [1.29, 1.82) is 0 Å². The van der Waals surface area contributed by atoms with E-state index in [0.717, 1.165) is 10.0 Å². The van der Waals surface area contributed by atoms with Crippen LogP contribution in [0.15, 0.2) is 53.0 Å². The monoisotopic (exact) mass is 337 g/mol. The van der Waals surface area contributed by atoms with E-state index in [4.69, 9.17) is 11.6 Å². The van der Waals surface area contributed by atoms with Crippen LogP contribution in [-0.2, 0) is 0 Å². The quantitative estimate of drug-likeness (QED) is 0.871. The zero-order valence-electron chi connectivity index (χ0n) is 10.4. The number of nitrogens with one attached hydrogen (secondary N) is 1. The molecule has 0 fully saturated rings. The summed E-state index contributed by atoms with van der Waals surface area (Å²) in [6.45, 7) is 1.93. The zero-order valence-corrected chi connectivity index (χ0v) is 12.7. The molecule has 0 aliphatic rings. The highest BCUT2D eigenvalue weighted by atomic mass is 79.9. The van der Waals surface area contributed by atoms with Crippen LogP contribution in [-0.4, -0.2) is 5.91 Å². The molecule has 2 aromatic carbocycles. The van der Waals surface area contributed by atoms with Gasteiger partial charge in [0.1, 0.15) is 0 Å². The third-order valence-corrected chi connectivity index (χ3v) is 3.57. The van der Waals surface area contributed by atoms with E-state index >= 15 is 0 Å². The Bertz CT molecular complexity index is 583. The Kier molecular flexibility index (Phi) is 4.61. The smallest absolute Gasteiger partial charge is 0.251 e. The molecule has 1 amide bonds. The highest BCUT2D eigenvalue weighted by Gasteiger charge is 2.11. The summed E-state index contributed by atoms with van der Waals surface area (Å²) in [7, 11) is 0. The fourth-order valence-corrected chi connectivity index (χ4v) is 2.20. The molecular formula is C15H13BrClNO. The van der Waals surface area contributed by atoms with E-state index < -0.39 is 0 Å². The number of hydrogen-bond acceptors (Lipinski definition) is 1. The lowest BCUT2D eigenvalue weighted by Gasteiger charge is -2.14. The Morgan fingerprint density at radius 1 is 1.21 bits per heavy atom. The van der Waals surface area contributed by atoms with Gasteiger partial charge in [0, 0.05) is 15.1 Å². The van der Waals surface area contributed by atoms with Crippen LogP contribution < -0.4 is 5.32 Å². The molecule has 0 aliphatic carbocycles. The summed E-state index contributed by atoms with van der Waals surface area (Å²) in [5, 5.41) is 3.61. The molecule has 19 heavy (non-hydrogen) atoms. The summed E-state index contributed by atoms with van der Waals surface area (Å²) in [6, 6.07) is 14.7. The Hall–Kier alpha value is -1.32. The minimum absolute atomic E-state index is 0.0881. The van der Waals surface area contributed by atoms with E-state index in [9.17, 15) is 4.79 Å². The largest absolute Gasteiger partial charge is 0.346 e. The second-order valence-electron chi connectivity index (χ2n) is 4.26. The van der Waals surface area contributed by atoms with Crippen molar-refractivity contribution in [2.75, 3.05) is 0 Å². The van der Waals surface area contributed by atoms with E-state index in [1.807, 2.05) is 43.3 Å². The summed E-state index contributed by atoms with van der Waals surface area (Å²) < 4.78 is 0.951. The van der Waals surface area contributed by atoms with Crippen molar-refractivity contribution in [2.45, 2.75) is 13.0 Å². The molecule has 0 spiro atoms. The predicted molar refractivity (Wildman–Crippen MR) is 81.5 cm³/mol. The number of rotatable bonds is 3. The third kappa shape index (κ3) is 3.82. The van der Waals surface area contributed by atoms with Gasteiger partial charge in [0.25, 0.3) is 5.91 Å². The van der Waals surface area contributed by atoms with Crippen LogP contribution in [0, 0.1) is 0 Å². The van der Waals surface area contributed by atoms with Crippen LogP contribution in [0.25, 0.3) is 0 Å². The van der Waals surface area contributed by atoms with Gasteiger partial charge in [-0.05, 0) is 48.9 Å². The molecule has 1 atom stereocenters. The maximum absolute atomic E-state index is 12.1. The lowest BCUT2D eigenvalue weighted by Crippen LogP contribution is -2.26. The predicted octanol–water partition coefficient (Wildman–Crippen LogP) is 4.59. The van der Waals surface area contributed by atoms with Gasteiger partial charge in [-0.15, -0.1) is 0 Å². The molecule has 2 rings (SSSR count). The summed E-state index contributed by atoms with van der Waals surface area (Å²) in [5.74, 6) is -0.0972. The number of carbonyl (C=O) groups excluding carboxylic acids is 1. The van der Waals surface area contributed by atoms with E-state index in [-0.39, 0.29) is 11.9 Å². The fourth-order valence-electron chi connectivity index (χ4n) is 1.74. The maximum Gasteiger partial charge on any atom is 0.251 e. The first-order valence-electron chi connectivity index (χ1n) is 5.88. The standard InChI is InChI=1S/C15H13BrClNO/c1-10(12-3-2-4-14(17)9-12)18-15(19)11-5-7-13(16)8-6-11/h2-10H,1H3,(H,18,19)/t10-/m0/s1. The average molecular weight is 339 g/mol. The summed E-state index contributed by atoms with van der Waals surface area (Å²) in [4.78, 5) is 12.1. The van der Waals surface area contributed by atoms with E-state index in [1.54, 1.807) is 12.1 Å². The number of halogens is 2. The third-order valence-electron chi connectivity index (χ3n) is 2.80. The Morgan fingerprint density at radius 2 is 1.89 bits per heavy atom. The molecule has 0 saturated heterocycles. The van der Waals surface area contributed by atoms with E-state index in [0.29, 0.717) is 10.6 Å². The topological polar surface area (TPSA) is 29.1 Å². The van der Waals surface area contributed by atoms with Gasteiger partial charge in [0.05, 0.1) is 6.04 Å². The van der Waals surface area contributed by atoms with Crippen LogP contribution in [0.5, 0.6) is 0 Å². The molecule has 4 heteroatoms. The van der Waals surface area contributed by atoms with E-state index in [1.165, 1.54) is 0 Å². The Balaban J connectivity index is 2.08. The molecule has 0 unspecified atom stereocenters. The Labute approximate surface area is 125 Å². The first-order chi connectivity index (χ1) is 9.06. The van der Waals surface area contributed by atoms with Crippen molar-refractivity contribution in [3.05, 3.63) is 69.2 Å². The molecule has 2 nitrogen and oxygen atoms in total. The van der Waals surface area contributed by atoms with Crippen molar-refractivity contribution in [3.63, 3.8) is 0 Å². The first kappa shape index (κ1) is 14.1. The maximum atomic E-state index is 12.1. The number of carbonyl (C=O) groups is 1. The lowest BCUT2D eigenvalue weighted by molar-refractivity contribution is 0.0940. The summed E-state index contributed by atoms with van der Waals surface area (Å²) in [6.07, 6.45) is 0. The van der Waals surface area contributed by atoms with Crippen molar-refractivity contribution in [2.24, 2.45) is 0 Å². The van der Waals surface area contributed by atoms with Crippen molar-refractivity contribution < 1.29 is 4.79 Å². The number of hydrogen-bond donors (Lipinski definition) is 1. The average Bonchev–Trinajstić information content (AvgIpc) is 2.39. The van der Waals surface area contributed by atoms with Crippen LogP contribution >= 0.6 is 27.5 Å². The molecule has 0 heterocycles. The summed E-state index contributed by atoms with van der Waals surface area (Å²) in [5.41, 5.74) is 1.62.